The van der Waals surface area contributed by atoms with Crippen LogP contribution in [-0.4, -0.2) is 37.8 Å². The van der Waals surface area contributed by atoms with E-state index < -0.39 is 11.7 Å². The number of aryl methyl sites for hydroxylation is 1. The number of carbonyl (C=O) groups is 1. The van der Waals surface area contributed by atoms with Gasteiger partial charge in [-0.25, -0.2) is 20.7 Å². The first kappa shape index (κ1) is 19.8. The Morgan fingerprint density at radius 3 is 2.79 bits per heavy atom. The van der Waals surface area contributed by atoms with Crippen molar-refractivity contribution in [2.24, 2.45) is 5.90 Å². The van der Waals surface area contributed by atoms with E-state index in [1.165, 1.54) is 0 Å². The third kappa shape index (κ3) is 4.29. The number of hydrogen-bond acceptors (Lipinski definition) is 8. The number of alkyl carbamates (subject to hydrolysis) is 1. The number of nitrogens with zero attached hydrogens (tertiary/aromatic N) is 4. The Morgan fingerprint density at radius 1 is 1.29 bits per heavy atom. The molecule has 0 saturated heterocycles. The van der Waals surface area contributed by atoms with E-state index in [1.54, 1.807) is 12.3 Å². The van der Waals surface area contributed by atoms with Gasteiger partial charge in [0.1, 0.15) is 34.6 Å². The van der Waals surface area contributed by atoms with Crippen molar-refractivity contribution in [2.45, 2.75) is 45.9 Å². The molecule has 0 bridgehead atoms. The summed E-state index contributed by atoms with van der Waals surface area (Å²) in [5.74, 6) is 6.20. The minimum atomic E-state index is -0.536. The summed E-state index contributed by atoms with van der Waals surface area (Å²) in [7, 11) is 0. The minimum absolute atomic E-state index is 0.113. The first-order valence-corrected chi connectivity index (χ1v) is 8.98. The molecule has 0 atom stereocenters. The number of ether oxygens (including phenoxy) is 1. The maximum Gasteiger partial charge on any atom is 0.407 e. The number of anilines is 1. The summed E-state index contributed by atoms with van der Waals surface area (Å²) in [6, 6.07) is 3.65. The van der Waals surface area contributed by atoms with Crippen molar-refractivity contribution in [3.8, 4) is 0 Å². The Kier molecular flexibility index (Phi) is 5.61. The summed E-state index contributed by atoms with van der Waals surface area (Å²) in [6.07, 6.45) is 1.88. The highest BCUT2D eigenvalue weighted by molar-refractivity contribution is 6.04. The lowest BCUT2D eigenvalue weighted by Gasteiger charge is -2.19. The van der Waals surface area contributed by atoms with Gasteiger partial charge < -0.3 is 20.4 Å². The van der Waals surface area contributed by atoms with Crippen LogP contribution in [0.2, 0.25) is 0 Å². The molecule has 0 unspecified atom stereocenters. The molecular formula is C18H25N7O3. The topological polar surface area (TPSA) is 143 Å². The zero-order valence-electron chi connectivity index (χ0n) is 16.2. The second kappa shape index (κ2) is 7.95. The molecule has 0 aromatic carbocycles. The van der Waals surface area contributed by atoms with Crippen LogP contribution < -0.4 is 16.9 Å². The fourth-order valence-corrected chi connectivity index (χ4v) is 2.94. The highest BCUT2D eigenvalue weighted by atomic mass is 16.6. The monoisotopic (exact) mass is 387 g/mol. The SMILES string of the molecule is CC(C)(C)OC(=O)NCCCn1c(CON)nc2c(N)nc3cccnc3c21. The van der Waals surface area contributed by atoms with Crippen LogP contribution in [-0.2, 0) is 22.7 Å². The number of hydrogen-bond donors (Lipinski definition) is 3. The van der Waals surface area contributed by atoms with Crippen molar-refractivity contribution < 1.29 is 14.4 Å². The van der Waals surface area contributed by atoms with Crippen molar-refractivity contribution in [1.82, 2.24) is 24.8 Å². The van der Waals surface area contributed by atoms with Crippen LogP contribution in [0.5, 0.6) is 0 Å². The molecular weight excluding hydrogens is 362 g/mol. The van der Waals surface area contributed by atoms with Gasteiger partial charge in [-0.15, -0.1) is 0 Å². The van der Waals surface area contributed by atoms with Gasteiger partial charge in [-0.2, -0.15) is 0 Å². The van der Waals surface area contributed by atoms with E-state index in [2.05, 4.69) is 20.3 Å². The lowest BCUT2D eigenvalue weighted by Crippen LogP contribution is -2.33. The molecule has 3 rings (SSSR count). The molecule has 10 heteroatoms. The Balaban J connectivity index is 1.85. The average molecular weight is 387 g/mol. The molecule has 0 saturated carbocycles. The van der Waals surface area contributed by atoms with E-state index >= 15 is 0 Å². The largest absolute Gasteiger partial charge is 0.444 e. The lowest BCUT2D eigenvalue weighted by molar-refractivity contribution is 0.0526. The maximum atomic E-state index is 11.8. The van der Waals surface area contributed by atoms with Gasteiger partial charge in [0, 0.05) is 19.3 Å². The van der Waals surface area contributed by atoms with E-state index in [9.17, 15) is 4.79 Å². The van der Waals surface area contributed by atoms with Crippen molar-refractivity contribution in [2.75, 3.05) is 12.3 Å². The van der Waals surface area contributed by atoms with Crippen molar-refractivity contribution >= 4 is 34.0 Å². The van der Waals surface area contributed by atoms with Crippen LogP contribution in [0, 0.1) is 0 Å². The number of nitrogen functional groups attached to an aromatic ring is 1. The molecule has 150 valence electrons. The van der Waals surface area contributed by atoms with E-state index in [1.807, 2.05) is 31.4 Å². The Morgan fingerprint density at radius 2 is 2.07 bits per heavy atom. The molecule has 0 aliphatic carbocycles. The first-order valence-electron chi connectivity index (χ1n) is 8.98. The van der Waals surface area contributed by atoms with Gasteiger partial charge >= 0.3 is 6.09 Å². The molecule has 0 radical (unpaired) electrons. The third-order valence-corrected chi connectivity index (χ3v) is 3.98. The summed E-state index contributed by atoms with van der Waals surface area (Å²) in [5.41, 5.74) is 8.26. The summed E-state index contributed by atoms with van der Waals surface area (Å²) in [5, 5.41) is 2.75. The van der Waals surface area contributed by atoms with Crippen LogP contribution in [0.3, 0.4) is 0 Å². The lowest BCUT2D eigenvalue weighted by atomic mass is 10.2. The second-order valence-corrected chi connectivity index (χ2v) is 7.34. The first-order chi connectivity index (χ1) is 13.3. The summed E-state index contributed by atoms with van der Waals surface area (Å²) in [4.78, 5) is 29.9. The second-order valence-electron chi connectivity index (χ2n) is 7.34. The molecule has 3 heterocycles. The zero-order valence-corrected chi connectivity index (χ0v) is 16.2. The van der Waals surface area contributed by atoms with E-state index in [4.69, 9.17) is 21.2 Å². The van der Waals surface area contributed by atoms with Gasteiger partial charge in [0.2, 0.25) is 0 Å². The minimum Gasteiger partial charge on any atom is -0.444 e. The fraction of sp³-hybridized carbons (Fsp3) is 0.444. The third-order valence-electron chi connectivity index (χ3n) is 3.98. The smallest absolute Gasteiger partial charge is 0.407 e. The highest BCUT2D eigenvalue weighted by Gasteiger charge is 2.19. The molecule has 3 aromatic rings. The van der Waals surface area contributed by atoms with Gasteiger partial charge in [-0.1, -0.05) is 0 Å². The Labute approximate surface area is 162 Å². The number of nitrogens with one attached hydrogen (secondary N) is 1. The van der Waals surface area contributed by atoms with Gasteiger partial charge in [0.05, 0.1) is 5.52 Å². The van der Waals surface area contributed by atoms with Crippen LogP contribution in [0.25, 0.3) is 22.1 Å². The molecule has 0 aliphatic rings. The average Bonchev–Trinajstić information content (AvgIpc) is 2.97. The number of carbonyl (C=O) groups excluding carboxylic acids is 1. The summed E-state index contributed by atoms with van der Waals surface area (Å²) < 4.78 is 7.19. The van der Waals surface area contributed by atoms with Crippen LogP contribution in [0.15, 0.2) is 18.3 Å². The van der Waals surface area contributed by atoms with Gasteiger partial charge in [-0.05, 0) is 39.3 Å². The standard InChI is InChI=1S/C18H25N7O3/c1-18(2,3)28-17(26)22-8-5-9-25-12(10-27-20)24-14-15(25)13-11(23-16(14)19)6-4-7-21-13/h4,6-7H,5,8-10,20H2,1-3H3,(H2,19,23)(H,22,26). The van der Waals surface area contributed by atoms with Crippen molar-refractivity contribution in [3.05, 3.63) is 24.2 Å². The van der Waals surface area contributed by atoms with Crippen LogP contribution >= 0.6 is 0 Å². The van der Waals surface area contributed by atoms with E-state index in [-0.39, 0.29) is 6.61 Å². The highest BCUT2D eigenvalue weighted by Crippen LogP contribution is 2.27. The Hall–Kier alpha value is -2.98. The maximum absolute atomic E-state index is 11.8. The van der Waals surface area contributed by atoms with Crippen molar-refractivity contribution in [3.63, 3.8) is 0 Å². The zero-order chi connectivity index (χ0) is 20.3. The molecule has 0 fully saturated rings. The number of imidazole rings is 1. The van der Waals surface area contributed by atoms with Crippen molar-refractivity contribution in [1.29, 1.82) is 0 Å². The number of nitrogens with two attached hydrogens (primary N) is 2. The van der Waals surface area contributed by atoms with Gasteiger partial charge in [0.25, 0.3) is 0 Å². The normalized spacial score (nSPS) is 11.9. The number of aromatic nitrogens is 4. The van der Waals surface area contributed by atoms with E-state index in [0.29, 0.717) is 47.7 Å². The molecule has 5 N–H and O–H groups in total. The van der Waals surface area contributed by atoms with Crippen LogP contribution in [0.4, 0.5) is 10.6 Å². The number of rotatable bonds is 6. The Bertz CT molecular complexity index is 994. The van der Waals surface area contributed by atoms with Gasteiger partial charge in [-0.3, -0.25) is 9.82 Å². The van der Waals surface area contributed by atoms with Gasteiger partial charge in [0.15, 0.2) is 5.82 Å². The molecule has 0 aliphatic heterocycles. The van der Waals surface area contributed by atoms with E-state index in [0.717, 1.165) is 5.52 Å². The molecule has 0 spiro atoms. The predicted octanol–water partition coefficient (Wildman–Crippen LogP) is 1.87. The number of amides is 1. The van der Waals surface area contributed by atoms with Crippen LogP contribution in [0.1, 0.15) is 33.0 Å². The quantitative estimate of drug-likeness (QED) is 0.429. The summed E-state index contributed by atoms with van der Waals surface area (Å²) in [6.45, 7) is 6.56. The molecule has 10 nitrogen and oxygen atoms in total. The number of fused-ring (bicyclic) bond motifs is 3. The molecule has 28 heavy (non-hydrogen) atoms. The predicted molar refractivity (Wildman–Crippen MR) is 105 cm³/mol. The molecule has 3 aromatic heterocycles. The fourth-order valence-electron chi connectivity index (χ4n) is 2.94. The number of pyridine rings is 2. The molecule has 1 amide bonds. The summed E-state index contributed by atoms with van der Waals surface area (Å²) >= 11 is 0.